The Labute approximate surface area is 103 Å². The average Bonchev–Trinajstić information content (AvgIpc) is 2.28. The highest BCUT2D eigenvalue weighted by Gasteiger charge is 2.08. The molecule has 0 radical (unpaired) electrons. The molecule has 0 saturated heterocycles. The summed E-state index contributed by atoms with van der Waals surface area (Å²) in [4.78, 5) is 0. The van der Waals surface area contributed by atoms with E-state index < -0.39 is 0 Å². The fourth-order valence-electron chi connectivity index (χ4n) is 1.55. The van der Waals surface area contributed by atoms with Crippen LogP contribution >= 0.6 is 11.6 Å². The molecule has 0 fully saturated rings. The Kier molecular flexibility index (Phi) is 5.22. The molecule has 1 rings (SSSR count). The molecule has 0 bridgehead atoms. The zero-order chi connectivity index (χ0) is 12.0. The summed E-state index contributed by atoms with van der Waals surface area (Å²) in [6.45, 7) is 4.28. The summed E-state index contributed by atoms with van der Waals surface area (Å²) in [5.41, 5.74) is 0.706. The van der Waals surface area contributed by atoms with Crippen LogP contribution in [-0.2, 0) is 0 Å². The summed E-state index contributed by atoms with van der Waals surface area (Å²) in [6.07, 6.45) is 8.74. The minimum Gasteiger partial charge on any atom is -0.490 e. The highest BCUT2D eigenvalue weighted by Crippen LogP contribution is 2.23. The van der Waals surface area contributed by atoms with Crippen LogP contribution < -0.4 is 4.74 Å². The molecular formula is C14H17ClO. The second-order valence-electron chi connectivity index (χ2n) is 3.72. The zero-order valence-corrected chi connectivity index (χ0v) is 10.6. The first kappa shape index (κ1) is 12.9. The average molecular weight is 237 g/mol. The fraction of sp³-hybridized carbons (Fsp3) is 0.429. The van der Waals surface area contributed by atoms with E-state index in [0.29, 0.717) is 10.6 Å². The Hall–Kier alpha value is -1.13. The van der Waals surface area contributed by atoms with Gasteiger partial charge in [0.05, 0.1) is 11.1 Å². The summed E-state index contributed by atoms with van der Waals surface area (Å²) in [6, 6.07) is 5.48. The standard InChI is InChI=1S/C14H17ClO/c1-4-7-12(6-3)16-13-9-8-11(5-2)14(15)10-13/h2,8-10,12H,4,6-7H2,1,3H3/t12-/m1/s1. The van der Waals surface area contributed by atoms with E-state index in [4.69, 9.17) is 22.8 Å². The normalized spacial score (nSPS) is 11.9. The van der Waals surface area contributed by atoms with Gasteiger partial charge in [-0.3, -0.25) is 0 Å². The molecule has 0 N–H and O–H groups in total. The maximum atomic E-state index is 6.01. The van der Waals surface area contributed by atoms with Crippen molar-refractivity contribution in [1.29, 1.82) is 0 Å². The van der Waals surface area contributed by atoms with Crippen molar-refractivity contribution in [3.8, 4) is 18.1 Å². The highest BCUT2D eigenvalue weighted by molar-refractivity contribution is 6.31. The minimum atomic E-state index is 0.262. The van der Waals surface area contributed by atoms with Gasteiger partial charge in [-0.25, -0.2) is 0 Å². The summed E-state index contributed by atoms with van der Waals surface area (Å²) < 4.78 is 5.83. The van der Waals surface area contributed by atoms with Crippen LogP contribution in [0.25, 0.3) is 0 Å². The molecule has 1 nitrogen and oxygen atoms in total. The van der Waals surface area contributed by atoms with Crippen LogP contribution in [0.15, 0.2) is 18.2 Å². The molecule has 0 aliphatic rings. The van der Waals surface area contributed by atoms with Gasteiger partial charge in [0.25, 0.3) is 0 Å². The third-order valence-electron chi connectivity index (χ3n) is 2.46. The van der Waals surface area contributed by atoms with Crippen molar-refractivity contribution >= 4 is 11.6 Å². The Morgan fingerprint density at radius 2 is 2.19 bits per heavy atom. The molecule has 1 atom stereocenters. The zero-order valence-electron chi connectivity index (χ0n) is 9.79. The number of benzene rings is 1. The van der Waals surface area contributed by atoms with Gasteiger partial charge in [-0.05, 0) is 25.0 Å². The lowest BCUT2D eigenvalue weighted by Gasteiger charge is -2.17. The van der Waals surface area contributed by atoms with Gasteiger partial charge in [0.2, 0.25) is 0 Å². The lowest BCUT2D eigenvalue weighted by molar-refractivity contribution is 0.186. The van der Waals surface area contributed by atoms with Crippen molar-refractivity contribution in [3.63, 3.8) is 0 Å². The summed E-state index contributed by atoms with van der Waals surface area (Å²) in [7, 11) is 0. The molecule has 0 spiro atoms. The van der Waals surface area contributed by atoms with E-state index in [1.54, 1.807) is 6.07 Å². The van der Waals surface area contributed by atoms with Crippen LogP contribution in [-0.4, -0.2) is 6.10 Å². The lowest BCUT2D eigenvalue weighted by Crippen LogP contribution is -2.14. The molecule has 0 saturated carbocycles. The minimum absolute atomic E-state index is 0.262. The quantitative estimate of drug-likeness (QED) is 0.694. The first-order valence-corrected chi connectivity index (χ1v) is 6.01. The van der Waals surface area contributed by atoms with Crippen LogP contribution in [0.3, 0.4) is 0 Å². The number of rotatable bonds is 5. The van der Waals surface area contributed by atoms with Crippen molar-refractivity contribution in [2.24, 2.45) is 0 Å². The van der Waals surface area contributed by atoms with Crippen molar-refractivity contribution in [3.05, 3.63) is 28.8 Å². The van der Waals surface area contributed by atoms with E-state index in [9.17, 15) is 0 Å². The van der Waals surface area contributed by atoms with Gasteiger partial charge in [-0.1, -0.05) is 37.8 Å². The fourth-order valence-corrected chi connectivity index (χ4v) is 1.77. The molecule has 0 heterocycles. The molecule has 0 aromatic heterocycles. The van der Waals surface area contributed by atoms with Crippen LogP contribution in [0.5, 0.6) is 5.75 Å². The summed E-state index contributed by atoms with van der Waals surface area (Å²) >= 11 is 6.01. The molecule has 0 aliphatic carbocycles. The van der Waals surface area contributed by atoms with Gasteiger partial charge < -0.3 is 4.74 Å². The SMILES string of the molecule is C#Cc1ccc(O[C@H](CC)CCC)cc1Cl. The topological polar surface area (TPSA) is 9.23 Å². The molecule has 86 valence electrons. The molecule has 16 heavy (non-hydrogen) atoms. The van der Waals surface area contributed by atoms with E-state index in [2.05, 4.69) is 19.8 Å². The maximum Gasteiger partial charge on any atom is 0.121 e. The molecule has 2 heteroatoms. The van der Waals surface area contributed by atoms with Gasteiger partial charge in [0.1, 0.15) is 5.75 Å². The van der Waals surface area contributed by atoms with E-state index in [1.807, 2.05) is 12.1 Å². The van der Waals surface area contributed by atoms with Crippen LogP contribution in [0.4, 0.5) is 0 Å². The monoisotopic (exact) mass is 236 g/mol. The highest BCUT2D eigenvalue weighted by atomic mass is 35.5. The lowest BCUT2D eigenvalue weighted by atomic mass is 10.1. The van der Waals surface area contributed by atoms with E-state index in [1.165, 1.54) is 0 Å². The largest absolute Gasteiger partial charge is 0.490 e. The number of ether oxygens (including phenoxy) is 1. The number of hydrogen-bond acceptors (Lipinski definition) is 1. The first-order valence-electron chi connectivity index (χ1n) is 5.64. The summed E-state index contributed by atoms with van der Waals surface area (Å²) in [5.74, 6) is 3.32. The Balaban J connectivity index is 2.74. The predicted octanol–water partition coefficient (Wildman–Crippen LogP) is 4.28. The molecule has 1 aromatic carbocycles. The first-order chi connectivity index (χ1) is 7.71. The van der Waals surface area contributed by atoms with Gasteiger partial charge in [0.15, 0.2) is 0 Å². The van der Waals surface area contributed by atoms with E-state index >= 15 is 0 Å². The van der Waals surface area contributed by atoms with Crippen molar-refractivity contribution in [2.45, 2.75) is 39.2 Å². The van der Waals surface area contributed by atoms with E-state index in [-0.39, 0.29) is 6.10 Å². The van der Waals surface area contributed by atoms with Gasteiger partial charge >= 0.3 is 0 Å². The van der Waals surface area contributed by atoms with E-state index in [0.717, 1.165) is 25.0 Å². The summed E-state index contributed by atoms with van der Waals surface area (Å²) in [5, 5.41) is 0.575. The van der Waals surface area contributed by atoms with Gasteiger partial charge in [-0.2, -0.15) is 0 Å². The van der Waals surface area contributed by atoms with Crippen LogP contribution in [0.1, 0.15) is 38.7 Å². The Morgan fingerprint density at radius 1 is 1.44 bits per heavy atom. The number of halogens is 1. The second-order valence-corrected chi connectivity index (χ2v) is 4.13. The van der Waals surface area contributed by atoms with Crippen LogP contribution in [0, 0.1) is 12.3 Å². The van der Waals surface area contributed by atoms with Crippen molar-refractivity contribution < 1.29 is 4.74 Å². The third-order valence-corrected chi connectivity index (χ3v) is 2.78. The second kappa shape index (κ2) is 6.45. The molecule has 0 aliphatic heterocycles. The van der Waals surface area contributed by atoms with Crippen molar-refractivity contribution in [1.82, 2.24) is 0 Å². The molecule has 0 amide bonds. The molecule has 1 aromatic rings. The predicted molar refractivity (Wildman–Crippen MR) is 69.0 cm³/mol. The maximum absolute atomic E-state index is 6.01. The van der Waals surface area contributed by atoms with Crippen LogP contribution in [0.2, 0.25) is 5.02 Å². The van der Waals surface area contributed by atoms with Gasteiger partial charge in [-0.15, -0.1) is 6.42 Å². The smallest absolute Gasteiger partial charge is 0.121 e. The van der Waals surface area contributed by atoms with Gasteiger partial charge in [0, 0.05) is 11.6 Å². The molecule has 0 unspecified atom stereocenters. The third kappa shape index (κ3) is 3.47. The molecular weight excluding hydrogens is 220 g/mol. The van der Waals surface area contributed by atoms with Crippen molar-refractivity contribution in [2.75, 3.05) is 0 Å². The Bertz CT molecular complexity index is 379. The Morgan fingerprint density at radius 3 is 2.69 bits per heavy atom. The number of hydrogen-bond donors (Lipinski definition) is 0. The number of terminal acetylenes is 1.